The molecule has 2 N–H and O–H groups in total. The number of nitrogens with zero attached hydrogens (tertiary/aromatic N) is 1. The van der Waals surface area contributed by atoms with Crippen molar-refractivity contribution in [2.45, 2.75) is 19.4 Å². The minimum absolute atomic E-state index is 0.0109. The first-order valence-electron chi connectivity index (χ1n) is 8.94. The molecule has 2 aromatic carbocycles. The highest BCUT2D eigenvalue weighted by molar-refractivity contribution is 6.31. The van der Waals surface area contributed by atoms with Crippen LogP contribution in [0.4, 0.5) is 0 Å². The third kappa shape index (κ3) is 4.78. The molecular formula is C21H20ClN3O3. The molecule has 3 aromatic rings. The molecule has 0 bridgehead atoms. The third-order valence-electron chi connectivity index (χ3n) is 4.36. The average molecular weight is 398 g/mol. The molecule has 0 aliphatic carbocycles. The van der Waals surface area contributed by atoms with Gasteiger partial charge in [0.25, 0.3) is 11.5 Å². The van der Waals surface area contributed by atoms with Gasteiger partial charge in [0.2, 0.25) is 0 Å². The van der Waals surface area contributed by atoms with Crippen LogP contribution in [0.2, 0.25) is 5.02 Å². The summed E-state index contributed by atoms with van der Waals surface area (Å²) in [5.41, 5.74) is 0.459. The lowest BCUT2D eigenvalue weighted by atomic mass is 10.1. The number of amides is 1. The van der Waals surface area contributed by atoms with E-state index in [4.69, 9.17) is 11.6 Å². The average Bonchev–Trinajstić information content (AvgIpc) is 2.70. The fourth-order valence-corrected chi connectivity index (χ4v) is 3.04. The first kappa shape index (κ1) is 19.6. The van der Waals surface area contributed by atoms with Crippen LogP contribution in [0.15, 0.2) is 70.4 Å². The molecular weight excluding hydrogens is 378 g/mol. The molecule has 0 spiro atoms. The number of aromatic nitrogens is 2. The molecule has 0 aliphatic heterocycles. The molecule has 0 fully saturated rings. The summed E-state index contributed by atoms with van der Waals surface area (Å²) < 4.78 is 0.972. The van der Waals surface area contributed by atoms with Gasteiger partial charge in [-0.3, -0.25) is 14.2 Å². The van der Waals surface area contributed by atoms with Crippen molar-refractivity contribution in [2.75, 3.05) is 6.54 Å². The van der Waals surface area contributed by atoms with Crippen LogP contribution in [0, 0.1) is 0 Å². The molecule has 144 valence electrons. The number of aromatic amines is 1. The second-order valence-corrected chi connectivity index (χ2v) is 6.74. The molecule has 1 heterocycles. The Kier molecular flexibility index (Phi) is 6.45. The van der Waals surface area contributed by atoms with Crippen LogP contribution >= 0.6 is 11.6 Å². The van der Waals surface area contributed by atoms with Crippen molar-refractivity contribution < 1.29 is 4.79 Å². The Hall–Kier alpha value is -3.12. The predicted molar refractivity (Wildman–Crippen MR) is 109 cm³/mol. The summed E-state index contributed by atoms with van der Waals surface area (Å²) >= 11 is 6.11. The number of carbonyl (C=O) groups is 1. The predicted octanol–water partition coefficient (Wildman–Crippen LogP) is 2.60. The van der Waals surface area contributed by atoms with Crippen LogP contribution in [0.3, 0.4) is 0 Å². The minimum Gasteiger partial charge on any atom is -0.352 e. The number of aryl methyl sites for hydroxylation is 1. The molecule has 1 aromatic heterocycles. The standard InChI is InChI=1S/C21H20ClN3O3/c22-18-11-5-4-10-16(18)14-25-20(27)17(13-24-21(25)28)19(26)23-12-6-9-15-7-2-1-3-8-15/h1-5,7-8,10-11,13H,6,9,12,14H2,(H,23,26)(H,24,28). The Morgan fingerprint density at radius 1 is 1.04 bits per heavy atom. The molecule has 0 radical (unpaired) electrons. The summed E-state index contributed by atoms with van der Waals surface area (Å²) in [7, 11) is 0. The molecule has 7 heteroatoms. The van der Waals surface area contributed by atoms with Gasteiger partial charge in [0.15, 0.2) is 0 Å². The zero-order valence-corrected chi connectivity index (χ0v) is 15.9. The van der Waals surface area contributed by atoms with Gasteiger partial charge >= 0.3 is 5.69 Å². The monoisotopic (exact) mass is 397 g/mol. The van der Waals surface area contributed by atoms with Crippen molar-refractivity contribution in [2.24, 2.45) is 0 Å². The Labute approximate surface area is 166 Å². The maximum absolute atomic E-state index is 12.6. The smallest absolute Gasteiger partial charge is 0.328 e. The van der Waals surface area contributed by atoms with Gasteiger partial charge in [0, 0.05) is 17.8 Å². The van der Waals surface area contributed by atoms with Crippen molar-refractivity contribution in [3.8, 4) is 0 Å². The molecule has 0 unspecified atom stereocenters. The lowest BCUT2D eigenvalue weighted by Crippen LogP contribution is -2.41. The quantitative estimate of drug-likeness (QED) is 0.601. The van der Waals surface area contributed by atoms with E-state index < -0.39 is 17.2 Å². The second kappa shape index (κ2) is 9.19. The molecule has 3 rings (SSSR count). The van der Waals surface area contributed by atoms with E-state index in [1.807, 2.05) is 30.3 Å². The summed E-state index contributed by atoms with van der Waals surface area (Å²) in [6.45, 7) is 0.416. The summed E-state index contributed by atoms with van der Waals surface area (Å²) in [4.78, 5) is 39.6. The number of rotatable bonds is 7. The molecule has 0 saturated carbocycles. The maximum atomic E-state index is 12.6. The number of carbonyl (C=O) groups excluding carboxylic acids is 1. The topological polar surface area (TPSA) is 84.0 Å². The van der Waals surface area contributed by atoms with Crippen LogP contribution in [-0.2, 0) is 13.0 Å². The van der Waals surface area contributed by atoms with E-state index in [2.05, 4.69) is 10.3 Å². The maximum Gasteiger partial charge on any atom is 0.328 e. The van der Waals surface area contributed by atoms with E-state index in [9.17, 15) is 14.4 Å². The molecule has 0 aliphatic rings. The van der Waals surface area contributed by atoms with Crippen molar-refractivity contribution in [3.05, 3.63) is 103 Å². The number of H-pyrrole nitrogens is 1. The van der Waals surface area contributed by atoms with Crippen LogP contribution in [0.5, 0.6) is 0 Å². The number of hydrogen-bond acceptors (Lipinski definition) is 3. The zero-order valence-electron chi connectivity index (χ0n) is 15.2. The molecule has 28 heavy (non-hydrogen) atoms. The van der Waals surface area contributed by atoms with Gasteiger partial charge in [-0.1, -0.05) is 60.1 Å². The van der Waals surface area contributed by atoms with Gasteiger partial charge in [0.05, 0.1) is 6.54 Å². The van der Waals surface area contributed by atoms with Crippen molar-refractivity contribution in [1.82, 2.24) is 14.9 Å². The van der Waals surface area contributed by atoms with Gasteiger partial charge in [0.1, 0.15) is 5.56 Å². The van der Waals surface area contributed by atoms with Crippen LogP contribution < -0.4 is 16.6 Å². The normalized spacial score (nSPS) is 10.6. The zero-order chi connectivity index (χ0) is 19.9. The fourth-order valence-electron chi connectivity index (χ4n) is 2.85. The molecule has 0 saturated heterocycles. The molecule has 6 nitrogen and oxygen atoms in total. The lowest BCUT2D eigenvalue weighted by Gasteiger charge is -2.09. The highest BCUT2D eigenvalue weighted by Crippen LogP contribution is 2.14. The van der Waals surface area contributed by atoms with Crippen molar-refractivity contribution in [1.29, 1.82) is 0 Å². The highest BCUT2D eigenvalue weighted by Gasteiger charge is 2.15. The van der Waals surface area contributed by atoms with Crippen molar-refractivity contribution in [3.63, 3.8) is 0 Å². The van der Waals surface area contributed by atoms with Crippen LogP contribution in [0.1, 0.15) is 27.9 Å². The Balaban J connectivity index is 1.68. The van der Waals surface area contributed by atoms with Gasteiger partial charge in [-0.25, -0.2) is 4.79 Å². The first-order valence-corrected chi connectivity index (χ1v) is 9.32. The number of nitrogens with one attached hydrogen (secondary N) is 2. The van der Waals surface area contributed by atoms with Gasteiger partial charge in [-0.05, 0) is 30.0 Å². The van der Waals surface area contributed by atoms with Crippen LogP contribution in [-0.4, -0.2) is 22.0 Å². The summed E-state index contributed by atoms with van der Waals surface area (Å²) in [5, 5.41) is 3.18. The SMILES string of the molecule is O=C(NCCCc1ccccc1)c1c[nH]c(=O)n(Cc2ccccc2Cl)c1=O. The number of benzene rings is 2. The molecule has 1 amide bonds. The van der Waals surface area contributed by atoms with Gasteiger partial charge in [-0.15, -0.1) is 0 Å². The first-order chi connectivity index (χ1) is 13.6. The summed E-state index contributed by atoms with van der Waals surface area (Å²) in [5.74, 6) is -0.512. The largest absolute Gasteiger partial charge is 0.352 e. The minimum atomic E-state index is -0.649. The van der Waals surface area contributed by atoms with E-state index in [1.165, 1.54) is 5.56 Å². The fraction of sp³-hybridized carbons (Fsp3) is 0.190. The summed E-state index contributed by atoms with van der Waals surface area (Å²) in [6, 6.07) is 16.9. The third-order valence-corrected chi connectivity index (χ3v) is 4.73. The van der Waals surface area contributed by atoms with E-state index in [0.717, 1.165) is 23.6 Å². The highest BCUT2D eigenvalue weighted by atomic mass is 35.5. The van der Waals surface area contributed by atoms with Gasteiger partial charge < -0.3 is 10.3 Å². The number of hydrogen-bond donors (Lipinski definition) is 2. The Bertz CT molecular complexity index is 1070. The Morgan fingerprint density at radius 2 is 1.75 bits per heavy atom. The lowest BCUT2D eigenvalue weighted by molar-refractivity contribution is 0.0950. The van der Waals surface area contributed by atoms with E-state index in [-0.39, 0.29) is 12.1 Å². The van der Waals surface area contributed by atoms with Crippen LogP contribution in [0.25, 0.3) is 0 Å². The van der Waals surface area contributed by atoms with Gasteiger partial charge in [-0.2, -0.15) is 0 Å². The van der Waals surface area contributed by atoms with E-state index in [1.54, 1.807) is 24.3 Å². The van der Waals surface area contributed by atoms with E-state index >= 15 is 0 Å². The Morgan fingerprint density at radius 3 is 2.50 bits per heavy atom. The second-order valence-electron chi connectivity index (χ2n) is 6.34. The van der Waals surface area contributed by atoms with E-state index in [0.29, 0.717) is 17.1 Å². The molecule has 0 atom stereocenters. The summed E-state index contributed by atoms with van der Waals surface area (Å²) in [6.07, 6.45) is 2.72. The number of halogens is 1. The van der Waals surface area contributed by atoms with Crippen molar-refractivity contribution >= 4 is 17.5 Å².